The van der Waals surface area contributed by atoms with Crippen LogP contribution >= 0.6 is 31.9 Å². The van der Waals surface area contributed by atoms with E-state index in [0.29, 0.717) is 9.80 Å². The minimum absolute atomic E-state index is 0.0448. The highest BCUT2D eigenvalue weighted by molar-refractivity contribution is 9.10. The Labute approximate surface area is 111 Å². The molecule has 0 heterocycles. The average molecular weight is 353 g/mol. The molecule has 0 fully saturated rings. The number of carbonyl (C=O) groups excluding carboxylic acids is 1. The lowest BCUT2D eigenvalue weighted by Gasteiger charge is -2.23. The van der Waals surface area contributed by atoms with E-state index in [1.165, 1.54) is 12.1 Å². The van der Waals surface area contributed by atoms with Crippen molar-refractivity contribution in [2.24, 2.45) is 0 Å². The molecular weight excluding hydrogens is 341 g/mol. The number of benzene rings is 1. The van der Waals surface area contributed by atoms with Gasteiger partial charge in [-0.3, -0.25) is 4.79 Å². The lowest BCUT2D eigenvalue weighted by Crippen LogP contribution is -2.45. The topological polar surface area (TPSA) is 29.1 Å². The summed E-state index contributed by atoms with van der Waals surface area (Å²) in [5.74, 6) is -0.936. The highest BCUT2D eigenvalue weighted by Crippen LogP contribution is 2.16. The molecule has 0 saturated carbocycles. The van der Waals surface area contributed by atoms with E-state index in [1.54, 1.807) is 6.07 Å². The van der Waals surface area contributed by atoms with Crippen molar-refractivity contribution in [3.8, 4) is 0 Å². The van der Waals surface area contributed by atoms with Crippen LogP contribution < -0.4 is 5.32 Å². The lowest BCUT2D eigenvalue weighted by molar-refractivity contribution is 0.0917. The Morgan fingerprint density at radius 2 is 2.12 bits per heavy atom. The predicted octanol–water partition coefficient (Wildman–Crippen LogP) is 3.49. The molecule has 0 spiro atoms. The monoisotopic (exact) mass is 351 g/mol. The summed E-state index contributed by atoms with van der Waals surface area (Å²) in [5.41, 5.74) is -0.366. The molecule has 88 valence electrons. The summed E-state index contributed by atoms with van der Waals surface area (Å²) in [5, 5.41) is 3.34. The molecule has 0 aliphatic heterocycles. The molecule has 0 aliphatic carbocycles. The maximum atomic E-state index is 13.4. The fraction of sp³-hybridized carbons (Fsp3) is 0.364. The van der Waals surface area contributed by atoms with Gasteiger partial charge in [0.2, 0.25) is 0 Å². The summed E-state index contributed by atoms with van der Waals surface area (Å²) in [7, 11) is 0. The molecular formula is C11H12Br2FNO. The molecule has 1 amide bonds. The zero-order chi connectivity index (χ0) is 12.3. The molecule has 0 unspecified atom stereocenters. The Kier molecular flexibility index (Phi) is 4.50. The van der Waals surface area contributed by atoms with Crippen molar-refractivity contribution >= 4 is 37.8 Å². The van der Waals surface area contributed by atoms with Crippen molar-refractivity contribution in [1.29, 1.82) is 0 Å². The molecule has 1 aromatic rings. The predicted molar refractivity (Wildman–Crippen MR) is 69.4 cm³/mol. The van der Waals surface area contributed by atoms with E-state index in [2.05, 4.69) is 37.2 Å². The van der Waals surface area contributed by atoms with Crippen molar-refractivity contribution in [2.45, 2.75) is 19.4 Å². The van der Waals surface area contributed by atoms with Crippen molar-refractivity contribution in [2.75, 3.05) is 5.33 Å². The fourth-order valence-electron chi connectivity index (χ4n) is 1.08. The van der Waals surface area contributed by atoms with Crippen LogP contribution in [0, 0.1) is 5.82 Å². The summed E-state index contributed by atoms with van der Waals surface area (Å²) in [6, 6.07) is 4.29. The lowest BCUT2D eigenvalue weighted by atomic mass is 10.1. The normalized spacial score (nSPS) is 11.3. The zero-order valence-electron chi connectivity index (χ0n) is 8.98. The Balaban J connectivity index is 2.93. The van der Waals surface area contributed by atoms with Crippen molar-refractivity contribution in [3.05, 3.63) is 34.1 Å². The van der Waals surface area contributed by atoms with Gasteiger partial charge < -0.3 is 5.32 Å². The Bertz CT molecular complexity index is 407. The minimum atomic E-state index is -0.522. The summed E-state index contributed by atoms with van der Waals surface area (Å²) < 4.78 is 14.1. The van der Waals surface area contributed by atoms with Gasteiger partial charge >= 0.3 is 0 Å². The Morgan fingerprint density at radius 1 is 1.50 bits per heavy atom. The van der Waals surface area contributed by atoms with Crippen molar-refractivity contribution in [3.63, 3.8) is 0 Å². The fourth-order valence-corrected chi connectivity index (χ4v) is 1.58. The highest BCUT2D eigenvalue weighted by Gasteiger charge is 2.21. The summed E-state index contributed by atoms with van der Waals surface area (Å²) >= 11 is 6.49. The molecule has 1 N–H and O–H groups in total. The minimum Gasteiger partial charge on any atom is -0.346 e. The zero-order valence-corrected chi connectivity index (χ0v) is 12.2. The summed E-state index contributed by atoms with van der Waals surface area (Å²) in [4.78, 5) is 11.8. The third-order valence-corrected chi connectivity index (χ3v) is 3.85. The Morgan fingerprint density at radius 3 is 2.69 bits per heavy atom. The van der Waals surface area contributed by atoms with E-state index in [4.69, 9.17) is 0 Å². The second-order valence-electron chi connectivity index (χ2n) is 4.10. The van der Waals surface area contributed by atoms with Crippen LogP contribution in [0.25, 0.3) is 0 Å². The first-order valence-electron chi connectivity index (χ1n) is 4.69. The standard InChI is InChI=1S/C11H12Br2FNO/c1-11(2,6-12)15-10(16)8-5-7(13)3-4-9(8)14/h3-5H,6H2,1-2H3,(H,15,16). The van der Waals surface area contributed by atoms with E-state index in [9.17, 15) is 9.18 Å². The van der Waals surface area contributed by atoms with Gasteiger partial charge in [0.25, 0.3) is 5.91 Å². The number of carbonyl (C=O) groups is 1. The first-order chi connectivity index (χ1) is 7.35. The van der Waals surface area contributed by atoms with Crippen LogP contribution in [0.2, 0.25) is 0 Å². The van der Waals surface area contributed by atoms with Crippen LogP contribution in [0.15, 0.2) is 22.7 Å². The molecule has 0 aliphatic rings. The van der Waals surface area contributed by atoms with E-state index in [-0.39, 0.29) is 5.56 Å². The Hall–Kier alpha value is -0.420. The highest BCUT2D eigenvalue weighted by atomic mass is 79.9. The van der Waals surface area contributed by atoms with Crippen LogP contribution in [0.3, 0.4) is 0 Å². The van der Waals surface area contributed by atoms with E-state index < -0.39 is 17.3 Å². The molecule has 1 aromatic carbocycles. The smallest absolute Gasteiger partial charge is 0.254 e. The number of hydrogen-bond donors (Lipinski definition) is 1. The molecule has 0 bridgehead atoms. The van der Waals surface area contributed by atoms with Crippen LogP contribution in [0.5, 0.6) is 0 Å². The first-order valence-corrected chi connectivity index (χ1v) is 6.61. The van der Waals surface area contributed by atoms with E-state index >= 15 is 0 Å². The van der Waals surface area contributed by atoms with Crippen LogP contribution in [-0.2, 0) is 0 Å². The van der Waals surface area contributed by atoms with Crippen LogP contribution in [0.1, 0.15) is 24.2 Å². The molecule has 5 heteroatoms. The van der Waals surface area contributed by atoms with E-state index in [1.807, 2.05) is 13.8 Å². The van der Waals surface area contributed by atoms with Crippen LogP contribution in [-0.4, -0.2) is 16.8 Å². The summed E-state index contributed by atoms with van der Waals surface area (Å²) in [6.07, 6.45) is 0. The second kappa shape index (κ2) is 5.27. The maximum absolute atomic E-state index is 13.4. The van der Waals surface area contributed by atoms with Gasteiger partial charge in [-0.15, -0.1) is 0 Å². The third kappa shape index (κ3) is 3.56. The number of nitrogens with one attached hydrogen (secondary N) is 1. The van der Waals surface area contributed by atoms with Gasteiger partial charge in [0.15, 0.2) is 0 Å². The van der Waals surface area contributed by atoms with Gasteiger partial charge in [0.1, 0.15) is 5.82 Å². The molecule has 1 rings (SSSR count). The third-order valence-electron chi connectivity index (χ3n) is 1.96. The van der Waals surface area contributed by atoms with Gasteiger partial charge in [0.05, 0.1) is 5.56 Å². The molecule has 2 nitrogen and oxygen atoms in total. The summed E-state index contributed by atoms with van der Waals surface area (Å²) in [6.45, 7) is 3.71. The molecule has 0 saturated heterocycles. The van der Waals surface area contributed by atoms with Gasteiger partial charge in [-0.1, -0.05) is 31.9 Å². The largest absolute Gasteiger partial charge is 0.346 e. The molecule has 0 aromatic heterocycles. The van der Waals surface area contributed by atoms with Gasteiger partial charge in [-0.2, -0.15) is 0 Å². The number of hydrogen-bond acceptors (Lipinski definition) is 1. The molecule has 0 radical (unpaired) electrons. The maximum Gasteiger partial charge on any atom is 0.254 e. The number of halogens is 3. The van der Waals surface area contributed by atoms with Gasteiger partial charge in [-0.05, 0) is 32.0 Å². The van der Waals surface area contributed by atoms with Gasteiger partial charge in [-0.25, -0.2) is 4.39 Å². The SMILES string of the molecule is CC(C)(CBr)NC(=O)c1cc(Br)ccc1F. The average Bonchev–Trinajstić information content (AvgIpc) is 2.21. The second-order valence-corrected chi connectivity index (χ2v) is 5.57. The number of amides is 1. The van der Waals surface area contributed by atoms with E-state index in [0.717, 1.165) is 0 Å². The first kappa shape index (κ1) is 13.6. The quantitative estimate of drug-likeness (QED) is 0.829. The van der Waals surface area contributed by atoms with Crippen molar-refractivity contribution < 1.29 is 9.18 Å². The van der Waals surface area contributed by atoms with Crippen LogP contribution in [0.4, 0.5) is 4.39 Å². The molecule has 0 atom stereocenters. The van der Waals surface area contributed by atoms with Crippen molar-refractivity contribution in [1.82, 2.24) is 5.32 Å². The van der Waals surface area contributed by atoms with Gasteiger partial charge in [0, 0.05) is 15.3 Å². The number of rotatable bonds is 3. The molecule has 16 heavy (non-hydrogen) atoms. The number of alkyl halides is 1.